The van der Waals surface area contributed by atoms with Gasteiger partial charge in [-0.1, -0.05) is 30.3 Å². The van der Waals surface area contributed by atoms with E-state index in [1.165, 1.54) is 0 Å². The molecule has 1 saturated heterocycles. The van der Waals surface area contributed by atoms with E-state index in [0.29, 0.717) is 11.5 Å². The monoisotopic (exact) mass is 409 g/mol. The number of aromatic nitrogens is 3. The van der Waals surface area contributed by atoms with E-state index < -0.39 is 0 Å². The third-order valence-electron chi connectivity index (χ3n) is 5.59. The van der Waals surface area contributed by atoms with Crippen LogP contribution in [0.5, 0.6) is 0 Å². The van der Waals surface area contributed by atoms with E-state index in [0.717, 1.165) is 59.3 Å². The van der Waals surface area contributed by atoms with Gasteiger partial charge in [-0.05, 0) is 44.0 Å². The van der Waals surface area contributed by atoms with Gasteiger partial charge in [0.2, 0.25) is 5.95 Å². The van der Waals surface area contributed by atoms with Crippen molar-refractivity contribution >= 4 is 28.4 Å². The molecule has 6 heteroatoms. The van der Waals surface area contributed by atoms with Gasteiger partial charge in [-0.15, -0.1) is 0 Å². The third kappa shape index (κ3) is 3.97. The normalized spacial score (nSPS) is 13.5. The van der Waals surface area contributed by atoms with Crippen LogP contribution in [0, 0.1) is 6.92 Å². The zero-order valence-corrected chi connectivity index (χ0v) is 17.4. The topological polar surface area (TPSA) is 71.0 Å². The summed E-state index contributed by atoms with van der Waals surface area (Å²) in [7, 11) is 0. The Morgan fingerprint density at radius 1 is 0.968 bits per heavy atom. The van der Waals surface area contributed by atoms with Gasteiger partial charge >= 0.3 is 0 Å². The zero-order valence-electron chi connectivity index (χ0n) is 17.4. The smallest absolute Gasteiger partial charge is 0.253 e. The average Bonchev–Trinajstić information content (AvgIpc) is 3.34. The third-order valence-corrected chi connectivity index (χ3v) is 5.59. The minimum atomic E-state index is 0.0785. The van der Waals surface area contributed by atoms with Crippen molar-refractivity contribution in [3.8, 4) is 11.1 Å². The van der Waals surface area contributed by atoms with Crippen LogP contribution >= 0.6 is 0 Å². The van der Waals surface area contributed by atoms with Gasteiger partial charge in [-0.25, -0.2) is 9.97 Å². The number of aryl methyl sites for hydroxylation is 1. The summed E-state index contributed by atoms with van der Waals surface area (Å²) in [5.41, 5.74) is 5.32. The molecule has 1 aliphatic heterocycles. The second-order valence-corrected chi connectivity index (χ2v) is 7.83. The molecule has 2 aromatic carbocycles. The minimum absolute atomic E-state index is 0.0785. The number of hydrogen-bond donors (Lipinski definition) is 1. The molecular formula is C25H23N5O. The number of likely N-dealkylation sites (tertiary alicyclic amines) is 1. The molecule has 5 rings (SSSR count). The molecule has 0 aliphatic carbocycles. The zero-order chi connectivity index (χ0) is 21.2. The number of amides is 1. The predicted octanol–water partition coefficient (Wildman–Crippen LogP) is 4.98. The van der Waals surface area contributed by atoms with Crippen LogP contribution in [0.2, 0.25) is 0 Å². The Labute approximate surface area is 181 Å². The highest BCUT2D eigenvalue weighted by Crippen LogP contribution is 2.28. The van der Waals surface area contributed by atoms with Crippen LogP contribution in [0.1, 0.15) is 28.9 Å². The van der Waals surface area contributed by atoms with E-state index in [4.69, 9.17) is 4.98 Å². The predicted molar refractivity (Wildman–Crippen MR) is 122 cm³/mol. The first-order valence-corrected chi connectivity index (χ1v) is 10.5. The molecule has 0 bridgehead atoms. The molecule has 0 atom stereocenters. The molecule has 1 amide bonds. The summed E-state index contributed by atoms with van der Waals surface area (Å²) in [6.07, 6.45) is 5.84. The van der Waals surface area contributed by atoms with Crippen molar-refractivity contribution in [3.05, 3.63) is 78.2 Å². The summed E-state index contributed by atoms with van der Waals surface area (Å²) >= 11 is 0. The quantitative estimate of drug-likeness (QED) is 0.515. The number of pyridine rings is 1. The molecule has 0 saturated carbocycles. The second-order valence-electron chi connectivity index (χ2n) is 7.83. The molecule has 6 nitrogen and oxygen atoms in total. The lowest BCUT2D eigenvalue weighted by atomic mass is 10.0. The average molecular weight is 409 g/mol. The highest BCUT2D eigenvalue weighted by molar-refractivity contribution is 5.96. The number of nitrogens with zero attached hydrogens (tertiary/aromatic N) is 4. The fourth-order valence-electron chi connectivity index (χ4n) is 3.94. The van der Waals surface area contributed by atoms with Gasteiger partial charge in [0.05, 0.1) is 5.52 Å². The summed E-state index contributed by atoms with van der Waals surface area (Å²) in [5, 5.41) is 4.22. The maximum atomic E-state index is 12.7. The van der Waals surface area contributed by atoms with E-state index in [9.17, 15) is 4.79 Å². The van der Waals surface area contributed by atoms with Crippen LogP contribution in [0.4, 0.5) is 11.6 Å². The molecule has 0 unspecified atom stereocenters. The number of para-hydroxylation sites is 1. The largest absolute Gasteiger partial charge is 0.339 e. The standard InChI is InChI=1S/C25H23N5O/c1-17-10-11-19(15-26-17)22-9-5-7-20-16-27-25(29-23(20)22)28-21-8-4-6-18(14-21)24(31)30-12-2-3-13-30/h4-11,14-16H,2-3,12-13H2,1H3,(H,27,28,29). The summed E-state index contributed by atoms with van der Waals surface area (Å²) in [6, 6.07) is 17.6. The van der Waals surface area contributed by atoms with Crippen LogP contribution in [-0.2, 0) is 0 Å². The van der Waals surface area contributed by atoms with Crippen LogP contribution in [-0.4, -0.2) is 38.8 Å². The minimum Gasteiger partial charge on any atom is -0.339 e. The van der Waals surface area contributed by atoms with Gasteiger partial charge in [0, 0.05) is 58.9 Å². The van der Waals surface area contributed by atoms with E-state index in [-0.39, 0.29) is 5.91 Å². The molecule has 4 aromatic rings. The Bertz CT molecular complexity index is 1250. The lowest BCUT2D eigenvalue weighted by Gasteiger charge is -2.16. The van der Waals surface area contributed by atoms with Crippen LogP contribution in [0.25, 0.3) is 22.0 Å². The van der Waals surface area contributed by atoms with Gasteiger partial charge in [-0.2, -0.15) is 0 Å². The highest BCUT2D eigenvalue weighted by atomic mass is 16.2. The Balaban J connectivity index is 1.46. The number of anilines is 2. The van der Waals surface area contributed by atoms with Crippen molar-refractivity contribution in [2.75, 3.05) is 18.4 Å². The Morgan fingerprint density at radius 2 is 1.81 bits per heavy atom. The number of nitrogens with one attached hydrogen (secondary N) is 1. The Kier molecular flexibility index (Phi) is 5.04. The fraction of sp³-hybridized carbons (Fsp3) is 0.200. The van der Waals surface area contributed by atoms with Crippen molar-refractivity contribution < 1.29 is 4.79 Å². The van der Waals surface area contributed by atoms with Crippen LogP contribution < -0.4 is 5.32 Å². The molecule has 0 radical (unpaired) electrons. The van der Waals surface area contributed by atoms with E-state index in [1.54, 1.807) is 0 Å². The van der Waals surface area contributed by atoms with Crippen LogP contribution in [0.15, 0.2) is 67.0 Å². The molecule has 1 N–H and O–H groups in total. The lowest BCUT2D eigenvalue weighted by Crippen LogP contribution is -2.27. The van der Waals surface area contributed by atoms with Gasteiger partial charge in [0.15, 0.2) is 0 Å². The Morgan fingerprint density at radius 3 is 2.61 bits per heavy atom. The van der Waals surface area contributed by atoms with Gasteiger partial charge in [0.1, 0.15) is 0 Å². The van der Waals surface area contributed by atoms with Gasteiger partial charge in [0.25, 0.3) is 5.91 Å². The molecule has 154 valence electrons. The number of fused-ring (bicyclic) bond motifs is 1. The fourth-order valence-corrected chi connectivity index (χ4v) is 3.94. The lowest BCUT2D eigenvalue weighted by molar-refractivity contribution is 0.0793. The van der Waals surface area contributed by atoms with Crippen molar-refractivity contribution in [2.45, 2.75) is 19.8 Å². The summed E-state index contributed by atoms with van der Waals surface area (Å²) in [6.45, 7) is 3.64. The molecule has 1 fully saturated rings. The summed E-state index contributed by atoms with van der Waals surface area (Å²) < 4.78 is 0. The first-order chi connectivity index (χ1) is 15.2. The molecule has 0 spiro atoms. The number of rotatable bonds is 4. The number of carbonyl (C=O) groups excluding carboxylic acids is 1. The van der Waals surface area contributed by atoms with Crippen molar-refractivity contribution in [2.24, 2.45) is 0 Å². The maximum absolute atomic E-state index is 12.7. The highest BCUT2D eigenvalue weighted by Gasteiger charge is 2.19. The summed E-state index contributed by atoms with van der Waals surface area (Å²) in [4.78, 5) is 28.3. The summed E-state index contributed by atoms with van der Waals surface area (Å²) in [5.74, 6) is 0.570. The first kappa shape index (κ1) is 19.2. The second kappa shape index (κ2) is 8.14. The molecule has 31 heavy (non-hydrogen) atoms. The molecule has 2 aromatic heterocycles. The van der Waals surface area contributed by atoms with E-state index >= 15 is 0 Å². The SMILES string of the molecule is Cc1ccc(-c2cccc3cnc(Nc4cccc(C(=O)N5CCCC5)c4)nc23)cn1. The van der Waals surface area contributed by atoms with Crippen molar-refractivity contribution in [1.82, 2.24) is 19.9 Å². The number of benzene rings is 2. The van der Waals surface area contributed by atoms with E-state index in [1.807, 2.05) is 72.7 Å². The van der Waals surface area contributed by atoms with Crippen molar-refractivity contribution in [1.29, 1.82) is 0 Å². The number of carbonyl (C=O) groups is 1. The van der Waals surface area contributed by atoms with Gasteiger partial charge in [-0.3, -0.25) is 9.78 Å². The van der Waals surface area contributed by atoms with Gasteiger partial charge < -0.3 is 10.2 Å². The number of hydrogen-bond acceptors (Lipinski definition) is 5. The molecular weight excluding hydrogens is 386 g/mol. The van der Waals surface area contributed by atoms with E-state index in [2.05, 4.69) is 21.4 Å². The van der Waals surface area contributed by atoms with Crippen molar-refractivity contribution in [3.63, 3.8) is 0 Å². The first-order valence-electron chi connectivity index (χ1n) is 10.5. The van der Waals surface area contributed by atoms with Crippen LogP contribution in [0.3, 0.4) is 0 Å². The maximum Gasteiger partial charge on any atom is 0.253 e. The molecule has 1 aliphatic rings. The molecule has 3 heterocycles. The Hall–Kier alpha value is -3.80.